The van der Waals surface area contributed by atoms with Gasteiger partial charge in [-0.15, -0.1) is 0 Å². The van der Waals surface area contributed by atoms with Gasteiger partial charge >= 0.3 is 6.03 Å². The average Bonchev–Trinajstić information content (AvgIpc) is 2.45. The van der Waals surface area contributed by atoms with Crippen molar-refractivity contribution in [3.63, 3.8) is 0 Å². The van der Waals surface area contributed by atoms with E-state index < -0.39 is 0 Å². The lowest BCUT2D eigenvalue weighted by molar-refractivity contribution is 0.251. The molecule has 2 amide bonds. The van der Waals surface area contributed by atoms with Crippen molar-refractivity contribution in [2.24, 2.45) is 0 Å². The molecule has 0 aliphatic rings. The lowest BCUT2D eigenvalue weighted by atomic mass is 10.2. The highest BCUT2D eigenvalue weighted by Gasteiger charge is 2.02. The van der Waals surface area contributed by atoms with Crippen molar-refractivity contribution in [1.29, 1.82) is 0 Å². The summed E-state index contributed by atoms with van der Waals surface area (Å²) in [6.45, 7) is 0.451. The van der Waals surface area contributed by atoms with E-state index in [-0.39, 0.29) is 6.03 Å². The van der Waals surface area contributed by atoms with Crippen LogP contribution in [0.5, 0.6) is 5.75 Å². The molecule has 0 saturated heterocycles. The van der Waals surface area contributed by atoms with Crippen molar-refractivity contribution in [2.45, 2.75) is 6.54 Å². The van der Waals surface area contributed by atoms with Crippen LogP contribution in [0, 0.1) is 3.57 Å². The van der Waals surface area contributed by atoms with Crippen molar-refractivity contribution in [2.75, 3.05) is 12.4 Å². The zero-order valence-electron chi connectivity index (χ0n) is 11.0. The summed E-state index contributed by atoms with van der Waals surface area (Å²) in [6.07, 6.45) is 0. The highest BCUT2D eigenvalue weighted by Crippen LogP contribution is 2.13. The van der Waals surface area contributed by atoms with Crippen LogP contribution in [0.3, 0.4) is 0 Å². The molecule has 0 spiro atoms. The molecule has 2 aromatic carbocycles. The van der Waals surface area contributed by atoms with Crippen LogP contribution >= 0.6 is 22.6 Å². The van der Waals surface area contributed by atoms with Crippen LogP contribution in [-0.2, 0) is 6.54 Å². The predicted octanol–water partition coefficient (Wildman–Crippen LogP) is 3.62. The maximum atomic E-state index is 11.8. The van der Waals surface area contributed by atoms with E-state index in [1.807, 2.05) is 48.5 Å². The molecule has 2 N–H and O–H groups in total. The molecule has 0 fully saturated rings. The third-order valence-electron chi connectivity index (χ3n) is 2.67. The van der Waals surface area contributed by atoms with Gasteiger partial charge in [0.15, 0.2) is 0 Å². The Morgan fingerprint density at radius 2 is 2.00 bits per heavy atom. The van der Waals surface area contributed by atoms with Gasteiger partial charge in [-0.3, -0.25) is 0 Å². The van der Waals surface area contributed by atoms with Crippen LogP contribution in [-0.4, -0.2) is 13.1 Å². The molecule has 0 heterocycles. The van der Waals surface area contributed by atoms with Crippen LogP contribution in [0.4, 0.5) is 10.5 Å². The summed E-state index contributed by atoms with van der Waals surface area (Å²) in [5.74, 6) is 0.780. The Balaban J connectivity index is 1.88. The Hall–Kier alpha value is -1.76. The van der Waals surface area contributed by atoms with Crippen molar-refractivity contribution >= 4 is 34.3 Å². The monoisotopic (exact) mass is 382 g/mol. The second-order valence-electron chi connectivity index (χ2n) is 4.17. The molecule has 0 unspecified atom stereocenters. The Morgan fingerprint density at radius 3 is 2.75 bits per heavy atom. The number of amides is 2. The van der Waals surface area contributed by atoms with E-state index in [4.69, 9.17) is 4.74 Å². The van der Waals surface area contributed by atoms with Crippen molar-refractivity contribution in [1.82, 2.24) is 5.32 Å². The number of carbonyl (C=O) groups is 1. The molecule has 0 aromatic heterocycles. The molecular formula is C15H15IN2O2. The van der Waals surface area contributed by atoms with Crippen molar-refractivity contribution in [3.8, 4) is 5.75 Å². The Labute approximate surface area is 131 Å². The Bertz CT molecular complexity index is 602. The molecule has 2 rings (SSSR count). The summed E-state index contributed by atoms with van der Waals surface area (Å²) in [5, 5.41) is 5.61. The third-order valence-corrected chi connectivity index (χ3v) is 3.34. The van der Waals surface area contributed by atoms with E-state index in [0.717, 1.165) is 20.6 Å². The van der Waals surface area contributed by atoms with Crippen molar-refractivity contribution < 1.29 is 9.53 Å². The lowest BCUT2D eigenvalue weighted by Crippen LogP contribution is -2.28. The largest absolute Gasteiger partial charge is 0.497 e. The number of ether oxygens (including phenoxy) is 1. The number of hydrogen-bond acceptors (Lipinski definition) is 2. The number of nitrogens with one attached hydrogen (secondary N) is 2. The lowest BCUT2D eigenvalue weighted by Gasteiger charge is -2.09. The summed E-state index contributed by atoms with van der Waals surface area (Å²) in [7, 11) is 1.62. The molecule has 4 nitrogen and oxygen atoms in total. The van der Waals surface area contributed by atoms with E-state index in [0.29, 0.717) is 6.54 Å². The van der Waals surface area contributed by atoms with E-state index in [1.54, 1.807) is 7.11 Å². The number of carbonyl (C=O) groups excluding carboxylic acids is 1. The van der Waals surface area contributed by atoms with Crippen LogP contribution in [0.1, 0.15) is 5.56 Å². The Kier molecular flexibility index (Phi) is 5.23. The normalized spacial score (nSPS) is 9.90. The number of hydrogen-bond donors (Lipinski definition) is 2. The van der Waals surface area contributed by atoms with Gasteiger partial charge < -0.3 is 15.4 Å². The quantitative estimate of drug-likeness (QED) is 0.794. The van der Waals surface area contributed by atoms with Gasteiger partial charge in [0.2, 0.25) is 0 Å². The first-order chi connectivity index (χ1) is 9.67. The van der Waals surface area contributed by atoms with Gasteiger partial charge in [0, 0.05) is 15.8 Å². The van der Waals surface area contributed by atoms with Gasteiger partial charge in [-0.1, -0.05) is 18.2 Å². The molecule has 20 heavy (non-hydrogen) atoms. The molecule has 0 atom stereocenters. The minimum Gasteiger partial charge on any atom is -0.497 e. The Morgan fingerprint density at radius 1 is 1.20 bits per heavy atom. The number of methoxy groups -OCH3 is 1. The van der Waals surface area contributed by atoms with Crippen molar-refractivity contribution in [3.05, 3.63) is 57.7 Å². The molecular weight excluding hydrogens is 367 g/mol. The minimum absolute atomic E-state index is 0.227. The van der Waals surface area contributed by atoms with Gasteiger partial charge in [0.1, 0.15) is 5.75 Å². The molecule has 2 aromatic rings. The number of anilines is 1. The highest BCUT2D eigenvalue weighted by molar-refractivity contribution is 14.1. The van der Waals surface area contributed by atoms with Crippen LogP contribution < -0.4 is 15.4 Å². The van der Waals surface area contributed by atoms with Gasteiger partial charge in [0.25, 0.3) is 0 Å². The van der Waals surface area contributed by atoms with E-state index in [9.17, 15) is 4.79 Å². The maximum absolute atomic E-state index is 11.8. The van der Waals surface area contributed by atoms with Gasteiger partial charge in [0.05, 0.1) is 7.11 Å². The fourth-order valence-corrected chi connectivity index (χ4v) is 2.25. The zero-order chi connectivity index (χ0) is 14.4. The summed E-state index contributed by atoms with van der Waals surface area (Å²) < 4.78 is 6.22. The molecule has 0 saturated carbocycles. The van der Waals surface area contributed by atoms with Gasteiger partial charge in [-0.05, 0) is 58.5 Å². The summed E-state index contributed by atoms with van der Waals surface area (Å²) in [5.41, 5.74) is 1.77. The van der Waals surface area contributed by atoms with Crippen LogP contribution in [0.25, 0.3) is 0 Å². The number of benzene rings is 2. The first-order valence-corrected chi connectivity index (χ1v) is 7.18. The zero-order valence-corrected chi connectivity index (χ0v) is 13.2. The van der Waals surface area contributed by atoms with Gasteiger partial charge in [-0.2, -0.15) is 0 Å². The second kappa shape index (κ2) is 7.14. The smallest absolute Gasteiger partial charge is 0.319 e. The molecule has 0 aliphatic carbocycles. The molecule has 0 aliphatic heterocycles. The summed E-state index contributed by atoms with van der Waals surface area (Å²) in [6, 6.07) is 15.0. The molecule has 5 heteroatoms. The second-order valence-corrected chi connectivity index (χ2v) is 5.42. The fraction of sp³-hybridized carbons (Fsp3) is 0.133. The first-order valence-electron chi connectivity index (χ1n) is 6.11. The molecule has 104 valence electrons. The van der Waals surface area contributed by atoms with E-state index in [2.05, 4.69) is 33.2 Å². The highest BCUT2D eigenvalue weighted by atomic mass is 127. The van der Waals surface area contributed by atoms with E-state index >= 15 is 0 Å². The van der Waals surface area contributed by atoms with E-state index in [1.165, 1.54) is 0 Å². The molecule has 0 bridgehead atoms. The third kappa shape index (κ3) is 4.41. The number of urea groups is 1. The standard InChI is InChI=1S/C15H15IN2O2/c1-20-14-7-2-4-11(8-14)10-17-15(19)18-13-6-3-5-12(16)9-13/h2-9H,10H2,1H3,(H2,17,18,19). The number of halogens is 1. The van der Waals surface area contributed by atoms with Gasteiger partial charge in [-0.25, -0.2) is 4.79 Å². The predicted molar refractivity (Wildman–Crippen MR) is 88.0 cm³/mol. The summed E-state index contributed by atoms with van der Waals surface area (Å²) in [4.78, 5) is 11.8. The minimum atomic E-state index is -0.227. The van der Waals surface area contributed by atoms with Crippen LogP contribution in [0.2, 0.25) is 0 Å². The average molecular weight is 382 g/mol. The first kappa shape index (κ1) is 14.6. The number of rotatable bonds is 4. The van der Waals surface area contributed by atoms with Crippen LogP contribution in [0.15, 0.2) is 48.5 Å². The maximum Gasteiger partial charge on any atom is 0.319 e. The summed E-state index contributed by atoms with van der Waals surface area (Å²) >= 11 is 2.21. The SMILES string of the molecule is COc1cccc(CNC(=O)Nc2cccc(I)c2)c1. The topological polar surface area (TPSA) is 50.4 Å². The molecule has 0 radical (unpaired) electrons. The fourth-order valence-electron chi connectivity index (χ4n) is 1.71.